The lowest BCUT2D eigenvalue weighted by Crippen LogP contribution is -2.40. The van der Waals surface area contributed by atoms with Crippen LogP contribution in [0, 0.1) is 6.92 Å². The first-order valence-electron chi connectivity index (χ1n) is 9.82. The van der Waals surface area contributed by atoms with E-state index >= 15 is 0 Å². The quantitative estimate of drug-likeness (QED) is 0.710. The summed E-state index contributed by atoms with van der Waals surface area (Å²) >= 11 is 0. The van der Waals surface area contributed by atoms with Crippen LogP contribution in [-0.4, -0.2) is 37.8 Å². The average molecular weight is 368 g/mol. The van der Waals surface area contributed by atoms with E-state index in [-0.39, 0.29) is 6.10 Å². The van der Waals surface area contributed by atoms with Crippen LogP contribution in [0.3, 0.4) is 0 Å². The molecule has 8 heteroatoms. The Hall–Kier alpha value is -2.48. The van der Waals surface area contributed by atoms with E-state index in [1.165, 1.54) is 17.0 Å². The van der Waals surface area contributed by atoms with Gasteiger partial charge in [-0.05, 0) is 26.2 Å². The fraction of sp³-hybridized carbons (Fsp3) is 0.579. The molecule has 142 valence electrons. The van der Waals surface area contributed by atoms with E-state index in [1.807, 2.05) is 11.4 Å². The predicted molar refractivity (Wildman–Crippen MR) is 99.5 cm³/mol. The van der Waals surface area contributed by atoms with Gasteiger partial charge in [0, 0.05) is 13.2 Å². The molecule has 2 aliphatic rings. The molecule has 1 fully saturated rings. The van der Waals surface area contributed by atoms with Crippen LogP contribution in [0.25, 0.3) is 5.52 Å². The summed E-state index contributed by atoms with van der Waals surface area (Å²) in [6.07, 6.45) is 5.79. The summed E-state index contributed by atoms with van der Waals surface area (Å²) < 4.78 is 10.0. The average Bonchev–Trinajstić information content (AvgIpc) is 3.40. The van der Waals surface area contributed by atoms with Gasteiger partial charge in [-0.2, -0.15) is 10.2 Å². The van der Waals surface area contributed by atoms with Crippen molar-refractivity contribution in [3.63, 3.8) is 0 Å². The Kier molecular flexibility index (Phi) is 3.89. The van der Waals surface area contributed by atoms with Crippen LogP contribution in [0.5, 0.6) is 0 Å². The minimum absolute atomic E-state index is 0.0510. The molecule has 0 saturated carbocycles. The number of ether oxygens (including phenoxy) is 1. The summed E-state index contributed by atoms with van der Waals surface area (Å²) in [6, 6.07) is 0. The second-order valence-electron chi connectivity index (χ2n) is 7.49. The van der Waals surface area contributed by atoms with Crippen molar-refractivity contribution in [2.75, 3.05) is 18.1 Å². The number of nitrogens with zero attached hydrogens (tertiary/aromatic N) is 6. The molecule has 27 heavy (non-hydrogen) atoms. The third-order valence-corrected chi connectivity index (χ3v) is 5.88. The van der Waals surface area contributed by atoms with Crippen LogP contribution < -0.4 is 9.58 Å². The zero-order valence-corrected chi connectivity index (χ0v) is 16.2. The van der Waals surface area contributed by atoms with Gasteiger partial charge in [-0.15, -0.1) is 4.68 Å². The Morgan fingerprint density at radius 2 is 2.30 bits per heavy atom. The van der Waals surface area contributed by atoms with E-state index in [9.17, 15) is 0 Å². The van der Waals surface area contributed by atoms with Gasteiger partial charge in [0.15, 0.2) is 12.9 Å². The summed E-state index contributed by atoms with van der Waals surface area (Å²) in [5, 5.41) is 7.95. The van der Waals surface area contributed by atoms with Gasteiger partial charge in [-0.25, -0.2) is 14.5 Å². The van der Waals surface area contributed by atoms with Crippen LogP contribution in [0.4, 0.5) is 5.82 Å². The van der Waals surface area contributed by atoms with Crippen molar-refractivity contribution >= 4 is 11.3 Å². The van der Waals surface area contributed by atoms with Crippen LogP contribution in [0.2, 0.25) is 0 Å². The van der Waals surface area contributed by atoms with E-state index in [0.29, 0.717) is 0 Å². The molecular formula is C19H26N7O+. The number of fused-ring (bicyclic) bond motifs is 2. The Labute approximate surface area is 158 Å². The minimum Gasteiger partial charge on any atom is -0.372 e. The maximum absolute atomic E-state index is 5.94. The Balaban J connectivity index is 1.61. The Morgan fingerprint density at radius 3 is 3.07 bits per heavy atom. The molecule has 3 aromatic rings. The van der Waals surface area contributed by atoms with Crippen molar-refractivity contribution in [3.8, 4) is 0 Å². The number of aromatic nitrogens is 6. The fourth-order valence-corrected chi connectivity index (χ4v) is 4.54. The fourth-order valence-electron chi connectivity index (χ4n) is 4.54. The van der Waals surface area contributed by atoms with E-state index in [0.717, 1.165) is 68.2 Å². The van der Waals surface area contributed by atoms with Gasteiger partial charge < -0.3 is 9.64 Å². The van der Waals surface area contributed by atoms with Crippen molar-refractivity contribution in [3.05, 3.63) is 34.8 Å². The maximum atomic E-state index is 5.94. The number of anilines is 1. The molecule has 0 amide bonds. The third-order valence-electron chi connectivity index (χ3n) is 5.88. The maximum Gasteiger partial charge on any atom is 0.214 e. The largest absolute Gasteiger partial charge is 0.372 e. The number of hydrogen-bond donors (Lipinski definition) is 1. The molecule has 0 bridgehead atoms. The molecule has 0 aromatic carbocycles. The van der Waals surface area contributed by atoms with Crippen molar-refractivity contribution < 1.29 is 9.42 Å². The highest BCUT2D eigenvalue weighted by molar-refractivity contribution is 5.73. The van der Waals surface area contributed by atoms with Gasteiger partial charge >= 0.3 is 0 Å². The number of aryl methyl sites for hydroxylation is 3. The smallest absolute Gasteiger partial charge is 0.214 e. The molecule has 3 aromatic heterocycles. The number of aromatic amines is 1. The van der Waals surface area contributed by atoms with Gasteiger partial charge in [0.1, 0.15) is 29.5 Å². The molecule has 5 heterocycles. The number of H-pyrrole nitrogens is 1. The molecular weight excluding hydrogens is 342 g/mol. The van der Waals surface area contributed by atoms with E-state index in [2.05, 4.69) is 33.8 Å². The molecule has 1 saturated heterocycles. The molecule has 1 atom stereocenters. The van der Waals surface area contributed by atoms with Crippen molar-refractivity contribution in [2.24, 2.45) is 7.05 Å². The number of rotatable bonds is 3. The van der Waals surface area contributed by atoms with Crippen molar-refractivity contribution in [2.45, 2.75) is 52.2 Å². The van der Waals surface area contributed by atoms with Crippen LogP contribution in [-0.2, 0) is 31.2 Å². The van der Waals surface area contributed by atoms with Gasteiger partial charge in [0.2, 0.25) is 5.69 Å². The van der Waals surface area contributed by atoms with Crippen LogP contribution in [0.15, 0.2) is 6.33 Å². The second-order valence-corrected chi connectivity index (χ2v) is 7.49. The number of nitrogens with one attached hydrogen (secondary N) is 1. The standard InChI is InChI=1S/C19H25N7O/c1-4-14-13-10-25(8-7-15(13)24(3)23-14)19-18-17(16-6-5-9-27-16)22-12(2)26(18)21-11-20-19/h11,16H,4-10H2,1-3H3/p+1/t16-/m1/s1. The SMILES string of the molecule is CCc1[nH][n+](C)c2c1CN(c1ncnn3c(C)nc([C@H]4CCCO4)c13)CC2. The predicted octanol–water partition coefficient (Wildman–Crippen LogP) is 1.56. The first-order chi connectivity index (χ1) is 13.2. The monoisotopic (exact) mass is 368 g/mol. The third kappa shape index (κ3) is 2.54. The van der Waals surface area contributed by atoms with E-state index < -0.39 is 0 Å². The Bertz CT molecular complexity index is 999. The summed E-state index contributed by atoms with van der Waals surface area (Å²) in [5.41, 5.74) is 6.10. The van der Waals surface area contributed by atoms with Gasteiger partial charge in [0.25, 0.3) is 0 Å². The highest BCUT2D eigenvalue weighted by atomic mass is 16.5. The summed E-state index contributed by atoms with van der Waals surface area (Å²) in [7, 11) is 2.10. The van der Waals surface area contributed by atoms with Gasteiger partial charge in [-0.1, -0.05) is 6.92 Å². The molecule has 1 N–H and O–H groups in total. The summed E-state index contributed by atoms with van der Waals surface area (Å²) in [5.74, 6) is 1.85. The molecule has 0 unspecified atom stereocenters. The summed E-state index contributed by atoms with van der Waals surface area (Å²) in [4.78, 5) is 11.9. The normalized spacial score (nSPS) is 19.8. The van der Waals surface area contributed by atoms with Gasteiger partial charge in [-0.3, -0.25) is 0 Å². The molecule has 5 rings (SSSR count). The first kappa shape index (κ1) is 16.7. The van der Waals surface area contributed by atoms with E-state index in [1.54, 1.807) is 6.33 Å². The molecule has 2 aliphatic heterocycles. The van der Waals surface area contributed by atoms with Gasteiger partial charge in [0.05, 0.1) is 24.2 Å². The topological polar surface area (TPSA) is 75.2 Å². The second kappa shape index (κ2) is 6.30. The number of imidazole rings is 1. The lowest BCUT2D eigenvalue weighted by Gasteiger charge is -2.27. The number of hydrogen-bond acceptors (Lipinski definition) is 5. The lowest BCUT2D eigenvalue weighted by molar-refractivity contribution is -0.734. The van der Waals surface area contributed by atoms with Crippen molar-refractivity contribution in [1.29, 1.82) is 0 Å². The highest BCUT2D eigenvalue weighted by Gasteiger charge is 2.32. The molecule has 0 aliphatic carbocycles. The Morgan fingerprint density at radius 1 is 1.41 bits per heavy atom. The zero-order valence-electron chi connectivity index (χ0n) is 16.2. The summed E-state index contributed by atoms with van der Waals surface area (Å²) in [6.45, 7) is 6.79. The van der Waals surface area contributed by atoms with E-state index in [4.69, 9.17) is 14.7 Å². The highest BCUT2D eigenvalue weighted by Crippen LogP contribution is 2.35. The van der Waals surface area contributed by atoms with Crippen LogP contribution in [0.1, 0.15) is 54.3 Å². The lowest BCUT2D eigenvalue weighted by atomic mass is 10.0. The molecule has 0 spiro atoms. The van der Waals surface area contributed by atoms with Crippen LogP contribution >= 0.6 is 0 Å². The first-order valence-corrected chi connectivity index (χ1v) is 9.82. The zero-order chi connectivity index (χ0) is 18.5. The molecule has 8 nitrogen and oxygen atoms in total. The van der Waals surface area contributed by atoms with Crippen molar-refractivity contribution in [1.82, 2.24) is 24.7 Å². The molecule has 0 radical (unpaired) electrons. The minimum atomic E-state index is 0.0510.